The number of nitrogens with one attached hydrogen (secondary N) is 1. The summed E-state index contributed by atoms with van der Waals surface area (Å²) in [6, 6.07) is 11.0. The van der Waals surface area contributed by atoms with Gasteiger partial charge in [0.25, 0.3) is 0 Å². The van der Waals surface area contributed by atoms with Crippen LogP contribution in [0.2, 0.25) is 0 Å². The highest BCUT2D eigenvalue weighted by molar-refractivity contribution is 6.04. The number of carbonyl (C=O) groups excluding carboxylic acids is 2. The maximum absolute atomic E-state index is 12.8. The molecule has 2 aromatic carbocycles. The molecule has 0 aromatic heterocycles. The quantitative estimate of drug-likeness (QED) is 0.847. The van der Waals surface area contributed by atoms with Gasteiger partial charge in [0.15, 0.2) is 0 Å². The molecular formula is C21H23N3O3. The molecule has 0 atom stereocenters. The molecule has 2 aliphatic rings. The van der Waals surface area contributed by atoms with Gasteiger partial charge in [-0.05, 0) is 61.2 Å². The van der Waals surface area contributed by atoms with E-state index < -0.39 is 0 Å². The summed E-state index contributed by atoms with van der Waals surface area (Å²) in [7, 11) is 2.11. The monoisotopic (exact) mass is 365 g/mol. The van der Waals surface area contributed by atoms with Crippen LogP contribution in [0.3, 0.4) is 0 Å². The molecule has 0 radical (unpaired) electrons. The molecule has 2 aromatic rings. The summed E-state index contributed by atoms with van der Waals surface area (Å²) < 4.78 is 5.02. The predicted octanol–water partition coefficient (Wildman–Crippen LogP) is 3.45. The van der Waals surface area contributed by atoms with Crippen LogP contribution in [0.4, 0.5) is 21.9 Å². The first-order valence-corrected chi connectivity index (χ1v) is 9.29. The lowest BCUT2D eigenvalue weighted by Crippen LogP contribution is -2.33. The lowest BCUT2D eigenvalue weighted by molar-refractivity contribution is 0.0526. The Labute approximate surface area is 158 Å². The predicted molar refractivity (Wildman–Crippen MR) is 106 cm³/mol. The summed E-state index contributed by atoms with van der Waals surface area (Å²) in [5, 5.41) is 2.91. The van der Waals surface area contributed by atoms with Crippen LogP contribution in [0.25, 0.3) is 0 Å². The molecule has 0 saturated heterocycles. The third kappa shape index (κ3) is 3.23. The third-order valence-corrected chi connectivity index (χ3v) is 5.17. The Kier molecular flexibility index (Phi) is 4.48. The second kappa shape index (κ2) is 6.95. The fourth-order valence-corrected chi connectivity index (χ4v) is 3.77. The molecule has 0 fully saturated rings. The van der Waals surface area contributed by atoms with E-state index in [1.165, 1.54) is 16.8 Å². The van der Waals surface area contributed by atoms with Crippen molar-refractivity contribution < 1.29 is 14.3 Å². The van der Waals surface area contributed by atoms with Gasteiger partial charge in [-0.2, -0.15) is 0 Å². The minimum absolute atomic E-state index is 0.180. The van der Waals surface area contributed by atoms with Gasteiger partial charge in [-0.1, -0.05) is 6.07 Å². The van der Waals surface area contributed by atoms with Crippen molar-refractivity contribution in [3.8, 4) is 0 Å². The highest BCUT2D eigenvalue weighted by Crippen LogP contribution is 2.37. The van der Waals surface area contributed by atoms with Crippen molar-refractivity contribution in [3.63, 3.8) is 0 Å². The van der Waals surface area contributed by atoms with Gasteiger partial charge in [0.2, 0.25) is 0 Å². The van der Waals surface area contributed by atoms with Crippen LogP contribution in [0.15, 0.2) is 36.4 Å². The fourth-order valence-electron chi connectivity index (χ4n) is 3.77. The number of nitrogens with zero attached hydrogens (tertiary/aromatic N) is 2. The van der Waals surface area contributed by atoms with Crippen LogP contribution < -0.4 is 15.1 Å². The molecule has 0 spiro atoms. The first-order chi connectivity index (χ1) is 13.1. The first kappa shape index (κ1) is 17.4. The summed E-state index contributed by atoms with van der Waals surface area (Å²) in [6.45, 7) is 3.76. The largest absolute Gasteiger partial charge is 0.462 e. The van der Waals surface area contributed by atoms with Gasteiger partial charge in [0, 0.05) is 37.2 Å². The Morgan fingerprint density at radius 1 is 1.07 bits per heavy atom. The van der Waals surface area contributed by atoms with Gasteiger partial charge < -0.3 is 15.0 Å². The van der Waals surface area contributed by atoms with E-state index in [0.717, 1.165) is 25.1 Å². The zero-order chi connectivity index (χ0) is 19.0. The number of hydrogen-bond donors (Lipinski definition) is 1. The molecule has 0 aliphatic carbocycles. The smallest absolute Gasteiger partial charge is 0.338 e. The summed E-state index contributed by atoms with van der Waals surface area (Å²) >= 11 is 0. The first-order valence-electron chi connectivity index (χ1n) is 9.29. The van der Waals surface area contributed by atoms with E-state index in [0.29, 0.717) is 24.4 Å². The van der Waals surface area contributed by atoms with Crippen molar-refractivity contribution in [1.29, 1.82) is 0 Å². The molecule has 2 amide bonds. The normalized spacial score (nSPS) is 14.7. The van der Waals surface area contributed by atoms with Gasteiger partial charge in [-0.3, -0.25) is 4.90 Å². The maximum atomic E-state index is 12.8. The number of ether oxygens (including phenoxy) is 1. The van der Waals surface area contributed by atoms with Crippen molar-refractivity contribution in [3.05, 3.63) is 53.1 Å². The zero-order valence-corrected chi connectivity index (χ0v) is 15.6. The van der Waals surface area contributed by atoms with Gasteiger partial charge in [-0.25, -0.2) is 9.59 Å². The Morgan fingerprint density at radius 2 is 1.81 bits per heavy atom. The van der Waals surface area contributed by atoms with E-state index in [2.05, 4.69) is 29.4 Å². The number of esters is 1. The minimum atomic E-state index is -0.389. The van der Waals surface area contributed by atoms with Gasteiger partial charge in [-0.15, -0.1) is 0 Å². The van der Waals surface area contributed by atoms with E-state index in [1.807, 2.05) is 0 Å². The van der Waals surface area contributed by atoms with Crippen LogP contribution in [0.5, 0.6) is 0 Å². The number of anilines is 3. The van der Waals surface area contributed by atoms with Crippen LogP contribution in [-0.4, -0.2) is 38.7 Å². The molecule has 2 aliphatic heterocycles. The topological polar surface area (TPSA) is 61.9 Å². The van der Waals surface area contributed by atoms with E-state index in [-0.39, 0.29) is 12.0 Å². The average Bonchev–Trinajstić information content (AvgIpc) is 3.24. The molecule has 1 N–H and O–H groups in total. The van der Waals surface area contributed by atoms with Crippen molar-refractivity contribution in [2.45, 2.75) is 19.8 Å². The summed E-state index contributed by atoms with van der Waals surface area (Å²) in [4.78, 5) is 28.8. The van der Waals surface area contributed by atoms with Crippen LogP contribution in [0, 0.1) is 0 Å². The fraction of sp³-hybridized carbons (Fsp3) is 0.333. The van der Waals surface area contributed by atoms with Crippen molar-refractivity contribution in [2.24, 2.45) is 0 Å². The lowest BCUT2D eigenvalue weighted by atomic mass is 10.1. The van der Waals surface area contributed by atoms with E-state index in [4.69, 9.17) is 4.74 Å². The number of benzene rings is 2. The van der Waals surface area contributed by atoms with Crippen molar-refractivity contribution >= 4 is 29.1 Å². The Balaban J connectivity index is 1.53. The van der Waals surface area contributed by atoms with E-state index in [9.17, 15) is 9.59 Å². The average molecular weight is 365 g/mol. The van der Waals surface area contributed by atoms with Crippen LogP contribution >= 0.6 is 0 Å². The standard InChI is InChI=1S/C21H23N3O3/c1-3-27-20(25)16-5-4-6-17(11-16)22-21(26)24-10-8-15-12-18-14(13-19(15)24)7-9-23(18)2/h4-6,11-13H,3,7-10H2,1-2H3,(H,22,26). The van der Waals surface area contributed by atoms with Gasteiger partial charge >= 0.3 is 12.0 Å². The Hall–Kier alpha value is -3.02. The second-order valence-electron chi connectivity index (χ2n) is 6.91. The number of likely N-dealkylation sites (N-methyl/N-ethyl adjacent to an activating group) is 1. The molecular weight excluding hydrogens is 342 g/mol. The van der Waals surface area contributed by atoms with E-state index >= 15 is 0 Å². The minimum Gasteiger partial charge on any atom is -0.462 e. The highest BCUT2D eigenvalue weighted by Gasteiger charge is 2.28. The highest BCUT2D eigenvalue weighted by atomic mass is 16.5. The molecule has 0 bridgehead atoms. The molecule has 4 rings (SSSR count). The molecule has 6 nitrogen and oxygen atoms in total. The lowest BCUT2D eigenvalue weighted by Gasteiger charge is -2.19. The van der Waals surface area contributed by atoms with Gasteiger partial charge in [0.1, 0.15) is 0 Å². The van der Waals surface area contributed by atoms with Gasteiger partial charge in [0.05, 0.1) is 12.2 Å². The molecule has 140 valence electrons. The number of fused-ring (bicyclic) bond motifs is 2. The Bertz CT molecular complexity index is 910. The number of rotatable bonds is 3. The van der Waals surface area contributed by atoms with Crippen molar-refractivity contribution in [2.75, 3.05) is 41.9 Å². The molecule has 27 heavy (non-hydrogen) atoms. The van der Waals surface area contributed by atoms with Crippen molar-refractivity contribution in [1.82, 2.24) is 0 Å². The molecule has 2 heterocycles. The number of amides is 2. The molecule has 6 heteroatoms. The third-order valence-electron chi connectivity index (χ3n) is 5.17. The number of urea groups is 1. The van der Waals surface area contributed by atoms with Crippen LogP contribution in [0.1, 0.15) is 28.4 Å². The SMILES string of the molecule is CCOC(=O)c1cccc(NC(=O)N2CCc3cc4c(cc32)CCN4C)c1. The molecule has 0 saturated carbocycles. The summed E-state index contributed by atoms with van der Waals surface area (Å²) in [5.41, 5.74) is 5.77. The van der Waals surface area contributed by atoms with E-state index in [1.54, 1.807) is 36.1 Å². The summed E-state index contributed by atoms with van der Waals surface area (Å²) in [5.74, 6) is -0.389. The summed E-state index contributed by atoms with van der Waals surface area (Å²) in [6.07, 6.45) is 1.86. The number of carbonyl (C=O) groups is 2. The Morgan fingerprint density at radius 3 is 2.63 bits per heavy atom. The maximum Gasteiger partial charge on any atom is 0.338 e. The zero-order valence-electron chi connectivity index (χ0n) is 15.6. The number of hydrogen-bond acceptors (Lipinski definition) is 4. The van der Waals surface area contributed by atoms with Crippen LogP contribution in [-0.2, 0) is 17.6 Å². The molecule has 0 unspecified atom stereocenters. The second-order valence-corrected chi connectivity index (χ2v) is 6.91.